The van der Waals surface area contributed by atoms with Crippen molar-refractivity contribution < 1.29 is 17.1 Å². The number of halogens is 1. The molecule has 7 heteroatoms. The Kier molecular flexibility index (Phi) is 2.93. The second-order valence-electron chi connectivity index (χ2n) is 4.65. The summed E-state index contributed by atoms with van der Waals surface area (Å²) in [5.41, 5.74) is 1.26. The second kappa shape index (κ2) is 4.52. The molecule has 5 nitrogen and oxygen atoms in total. The molecule has 1 aliphatic heterocycles. The van der Waals surface area contributed by atoms with E-state index in [2.05, 4.69) is 4.98 Å². The molecule has 104 valence electrons. The number of pyridine rings is 1. The summed E-state index contributed by atoms with van der Waals surface area (Å²) in [6, 6.07) is 8.84. The molecule has 2 heterocycles. The average Bonchev–Trinajstić information content (AvgIpc) is 2.80. The Morgan fingerprint density at radius 2 is 2.00 bits per heavy atom. The summed E-state index contributed by atoms with van der Waals surface area (Å²) in [6.07, 6.45) is 1.22. The quantitative estimate of drug-likeness (QED) is 0.790. The number of para-hydroxylation sites is 1. The fourth-order valence-electron chi connectivity index (χ4n) is 2.41. The molecule has 1 aromatic carbocycles. The third-order valence-electron chi connectivity index (χ3n) is 3.40. The van der Waals surface area contributed by atoms with Crippen LogP contribution in [-0.4, -0.2) is 31.1 Å². The highest BCUT2D eigenvalue weighted by atomic mass is 32.3. The van der Waals surface area contributed by atoms with Crippen molar-refractivity contribution in [3.05, 3.63) is 36.5 Å². The van der Waals surface area contributed by atoms with Crippen molar-refractivity contribution in [1.29, 1.82) is 0 Å². The highest BCUT2D eigenvalue weighted by Crippen LogP contribution is 2.30. The van der Waals surface area contributed by atoms with Gasteiger partial charge in [-0.15, -0.1) is 3.89 Å². The Labute approximate surface area is 115 Å². The molecule has 1 fully saturated rings. The number of anilines is 1. The Morgan fingerprint density at radius 1 is 1.25 bits per heavy atom. The smallest absolute Gasteiger partial charge is 0.307 e. The van der Waals surface area contributed by atoms with Crippen LogP contribution in [0.5, 0.6) is 0 Å². The van der Waals surface area contributed by atoms with Gasteiger partial charge in [-0.1, -0.05) is 18.2 Å². The lowest BCUT2D eigenvalue weighted by molar-refractivity contribution is -0.117. The highest BCUT2D eigenvalue weighted by molar-refractivity contribution is 7.87. The van der Waals surface area contributed by atoms with Crippen LogP contribution in [0.1, 0.15) is 6.42 Å². The zero-order valence-electron chi connectivity index (χ0n) is 10.4. The lowest BCUT2D eigenvalue weighted by atomic mass is 10.2. The SMILES string of the molecule is O=C1CC(S(=O)(=O)F)CN1c1ccnc2ccccc12. The number of amides is 1. The fraction of sp³-hybridized carbons (Fsp3) is 0.231. The number of benzene rings is 1. The van der Waals surface area contributed by atoms with Crippen LogP contribution in [0.15, 0.2) is 36.5 Å². The second-order valence-corrected chi connectivity index (χ2v) is 6.27. The Hall–Kier alpha value is -2.02. The Balaban J connectivity index is 2.06. The Bertz CT molecular complexity index is 786. The van der Waals surface area contributed by atoms with Crippen LogP contribution in [0.2, 0.25) is 0 Å². The van der Waals surface area contributed by atoms with E-state index in [1.807, 2.05) is 6.07 Å². The number of aromatic nitrogens is 1. The standard InChI is InChI=1S/C13H11FN2O3S/c14-20(18,19)9-7-13(17)16(8-9)12-5-6-15-11-4-2-1-3-10(11)12/h1-6,9H,7-8H2. The van der Waals surface area contributed by atoms with E-state index in [0.717, 1.165) is 5.39 Å². The van der Waals surface area contributed by atoms with E-state index in [1.165, 1.54) is 4.90 Å². The van der Waals surface area contributed by atoms with Crippen LogP contribution < -0.4 is 4.90 Å². The van der Waals surface area contributed by atoms with Crippen molar-refractivity contribution in [3.63, 3.8) is 0 Å². The van der Waals surface area contributed by atoms with Crippen molar-refractivity contribution in [2.45, 2.75) is 11.7 Å². The van der Waals surface area contributed by atoms with E-state index in [1.54, 1.807) is 30.5 Å². The number of carbonyl (C=O) groups is 1. The minimum absolute atomic E-state index is 0.161. The van der Waals surface area contributed by atoms with Crippen molar-refractivity contribution in [2.75, 3.05) is 11.4 Å². The molecular weight excluding hydrogens is 283 g/mol. The maximum Gasteiger partial charge on any atom is 0.307 e. The summed E-state index contributed by atoms with van der Waals surface area (Å²) < 4.78 is 35.0. The highest BCUT2D eigenvalue weighted by Gasteiger charge is 2.39. The van der Waals surface area contributed by atoms with Gasteiger partial charge in [0, 0.05) is 24.5 Å². The first-order valence-electron chi connectivity index (χ1n) is 6.04. The largest absolute Gasteiger partial charge is 0.310 e. The van der Waals surface area contributed by atoms with Crippen LogP contribution >= 0.6 is 0 Å². The third-order valence-corrected chi connectivity index (χ3v) is 4.52. The van der Waals surface area contributed by atoms with Crippen molar-refractivity contribution in [2.24, 2.45) is 0 Å². The number of hydrogen-bond donors (Lipinski definition) is 0. The maximum absolute atomic E-state index is 13.1. The summed E-state index contributed by atoms with van der Waals surface area (Å²) in [5.74, 6) is -0.396. The van der Waals surface area contributed by atoms with E-state index in [9.17, 15) is 17.1 Å². The average molecular weight is 294 g/mol. The molecule has 1 unspecified atom stereocenters. The molecule has 0 N–H and O–H groups in total. The first-order valence-corrected chi connectivity index (χ1v) is 7.49. The molecule has 0 aliphatic carbocycles. The van der Waals surface area contributed by atoms with E-state index < -0.39 is 21.4 Å². The summed E-state index contributed by atoms with van der Waals surface area (Å²) in [6.45, 7) is -0.161. The van der Waals surface area contributed by atoms with Crippen molar-refractivity contribution >= 4 is 32.7 Å². The molecule has 1 atom stereocenters. The number of hydrogen-bond acceptors (Lipinski definition) is 4. The van der Waals surface area contributed by atoms with Crippen LogP contribution in [0.3, 0.4) is 0 Å². The number of carbonyl (C=O) groups excluding carboxylic acids is 1. The molecule has 0 saturated carbocycles. The molecule has 20 heavy (non-hydrogen) atoms. The minimum Gasteiger partial charge on any atom is -0.310 e. The lowest BCUT2D eigenvalue weighted by Gasteiger charge is -2.17. The normalized spacial score (nSPS) is 19.8. The summed E-state index contributed by atoms with van der Waals surface area (Å²) in [4.78, 5) is 17.4. The summed E-state index contributed by atoms with van der Waals surface area (Å²) in [5, 5.41) is -0.554. The summed E-state index contributed by atoms with van der Waals surface area (Å²) >= 11 is 0. The number of fused-ring (bicyclic) bond motifs is 1. The van der Waals surface area contributed by atoms with Crippen LogP contribution in [0, 0.1) is 0 Å². The van der Waals surface area contributed by atoms with Gasteiger partial charge < -0.3 is 4.90 Å². The molecule has 0 radical (unpaired) electrons. The van der Waals surface area contributed by atoms with Gasteiger partial charge in [0.25, 0.3) is 0 Å². The molecular formula is C13H11FN2O3S. The molecule has 1 aliphatic rings. The molecule has 2 aromatic rings. The molecule has 0 spiro atoms. The fourth-order valence-corrected chi connectivity index (χ4v) is 3.08. The van der Waals surface area contributed by atoms with Gasteiger partial charge >= 0.3 is 10.2 Å². The zero-order valence-corrected chi connectivity index (χ0v) is 11.2. The van der Waals surface area contributed by atoms with Crippen molar-refractivity contribution in [1.82, 2.24) is 4.98 Å². The predicted octanol–water partition coefficient (Wildman–Crippen LogP) is 1.64. The molecule has 3 rings (SSSR count). The first-order chi connectivity index (χ1) is 9.47. The van der Waals surface area contributed by atoms with Gasteiger partial charge in [0.15, 0.2) is 0 Å². The molecule has 0 bridgehead atoms. The van der Waals surface area contributed by atoms with Crippen LogP contribution in [0.4, 0.5) is 9.57 Å². The monoisotopic (exact) mass is 294 g/mol. The van der Waals surface area contributed by atoms with Crippen LogP contribution in [-0.2, 0) is 15.0 Å². The van der Waals surface area contributed by atoms with Gasteiger partial charge in [0.05, 0.1) is 11.2 Å². The maximum atomic E-state index is 13.1. The van der Waals surface area contributed by atoms with E-state index >= 15 is 0 Å². The predicted molar refractivity (Wildman–Crippen MR) is 72.5 cm³/mol. The molecule has 1 amide bonds. The topological polar surface area (TPSA) is 67.3 Å². The summed E-state index contributed by atoms with van der Waals surface area (Å²) in [7, 11) is -4.71. The van der Waals surface area contributed by atoms with Crippen molar-refractivity contribution in [3.8, 4) is 0 Å². The van der Waals surface area contributed by atoms with Gasteiger partial charge in [0.2, 0.25) is 5.91 Å². The lowest BCUT2D eigenvalue weighted by Crippen LogP contribution is -2.27. The van der Waals surface area contributed by atoms with E-state index in [4.69, 9.17) is 0 Å². The van der Waals surface area contributed by atoms with Gasteiger partial charge in [-0.2, -0.15) is 8.42 Å². The van der Waals surface area contributed by atoms with Gasteiger partial charge in [-0.25, -0.2) is 0 Å². The van der Waals surface area contributed by atoms with E-state index in [0.29, 0.717) is 11.2 Å². The van der Waals surface area contributed by atoms with Gasteiger partial charge in [-0.3, -0.25) is 9.78 Å². The first kappa shape index (κ1) is 13.0. The van der Waals surface area contributed by atoms with E-state index in [-0.39, 0.29) is 13.0 Å². The zero-order chi connectivity index (χ0) is 14.3. The number of nitrogens with zero attached hydrogens (tertiary/aromatic N) is 2. The molecule has 1 saturated heterocycles. The van der Waals surface area contributed by atoms with Gasteiger partial charge in [0.1, 0.15) is 5.25 Å². The Morgan fingerprint density at radius 3 is 2.70 bits per heavy atom. The minimum atomic E-state index is -4.71. The third kappa shape index (κ3) is 2.14. The molecule has 1 aromatic heterocycles. The number of rotatable bonds is 2. The van der Waals surface area contributed by atoms with Crippen LogP contribution in [0.25, 0.3) is 10.9 Å². The van der Waals surface area contributed by atoms with Gasteiger partial charge in [-0.05, 0) is 12.1 Å².